The summed E-state index contributed by atoms with van der Waals surface area (Å²) in [6, 6.07) is 0. The molecule has 3 heterocycles. The summed E-state index contributed by atoms with van der Waals surface area (Å²) in [6.45, 7) is 5.04. The fourth-order valence-corrected chi connectivity index (χ4v) is 2.62. The van der Waals surface area contributed by atoms with E-state index in [0.717, 1.165) is 6.26 Å². The van der Waals surface area contributed by atoms with Crippen molar-refractivity contribution in [2.24, 2.45) is 0 Å². The van der Waals surface area contributed by atoms with E-state index in [0.29, 0.717) is 11.1 Å². The monoisotopic (exact) mass is 405 g/mol. The number of ether oxygens (including phenoxy) is 3. The smallest absolute Gasteiger partial charge is 0.358 e. The Bertz CT molecular complexity index is 1040. The number of nitrogens with zero attached hydrogens (tertiary/aromatic N) is 5. The molecule has 2 aromatic heterocycles. The first-order valence-corrected chi connectivity index (χ1v) is 8.74. The van der Waals surface area contributed by atoms with E-state index in [1.807, 2.05) is 0 Å². The number of imidazole rings is 1. The van der Waals surface area contributed by atoms with E-state index >= 15 is 0 Å². The molecule has 1 aliphatic heterocycles. The van der Waals surface area contributed by atoms with Crippen LogP contribution in [0.3, 0.4) is 0 Å². The molecular weight excluding hydrogens is 385 g/mol. The van der Waals surface area contributed by atoms with Gasteiger partial charge in [0.1, 0.15) is 12.6 Å². The van der Waals surface area contributed by atoms with Gasteiger partial charge in [0.2, 0.25) is 0 Å². The number of hydrogen-bond acceptors (Lipinski definition) is 9. The second-order valence-electron chi connectivity index (χ2n) is 6.40. The molecule has 1 aliphatic rings. The molecule has 11 heteroatoms. The normalized spacial score (nSPS) is 17.0. The number of hydrogen-bond donors (Lipinski definition) is 0. The average molecular weight is 405 g/mol. The number of esters is 2. The van der Waals surface area contributed by atoms with Crippen molar-refractivity contribution in [1.29, 1.82) is 0 Å². The SMILES string of the molecule is CCOC(=O)/C(=C/OC1OC(=O)C(C)=C1C)n1cnc2c(N(C)C)nc(F)nc21. The first kappa shape index (κ1) is 20.2. The molecule has 29 heavy (non-hydrogen) atoms. The molecule has 1 unspecified atom stereocenters. The number of cyclic esters (lactones) is 1. The van der Waals surface area contributed by atoms with Gasteiger partial charge in [-0.25, -0.2) is 14.6 Å². The van der Waals surface area contributed by atoms with Crippen molar-refractivity contribution in [2.45, 2.75) is 27.1 Å². The summed E-state index contributed by atoms with van der Waals surface area (Å²) < 4.78 is 30.9. The van der Waals surface area contributed by atoms with E-state index < -0.39 is 24.3 Å². The Morgan fingerprint density at radius 1 is 1.38 bits per heavy atom. The van der Waals surface area contributed by atoms with Crippen molar-refractivity contribution in [1.82, 2.24) is 19.5 Å². The first-order chi connectivity index (χ1) is 13.7. The Hall–Kier alpha value is -3.50. The maximum absolute atomic E-state index is 14.0. The molecule has 3 rings (SSSR count). The van der Waals surface area contributed by atoms with Gasteiger partial charge in [-0.3, -0.25) is 4.57 Å². The van der Waals surface area contributed by atoms with Crippen LogP contribution < -0.4 is 4.90 Å². The molecule has 0 aromatic carbocycles. The lowest BCUT2D eigenvalue weighted by Crippen LogP contribution is -2.17. The Morgan fingerprint density at radius 3 is 2.69 bits per heavy atom. The highest BCUT2D eigenvalue weighted by molar-refractivity contribution is 6.11. The fraction of sp³-hybridized carbons (Fsp3) is 0.389. The van der Waals surface area contributed by atoms with Crippen molar-refractivity contribution < 1.29 is 28.2 Å². The average Bonchev–Trinajstić information content (AvgIpc) is 3.18. The van der Waals surface area contributed by atoms with Gasteiger partial charge in [-0.2, -0.15) is 14.4 Å². The van der Waals surface area contributed by atoms with Gasteiger partial charge in [-0.05, 0) is 20.8 Å². The predicted octanol–water partition coefficient (Wildman–Crippen LogP) is 1.63. The molecule has 2 aromatic rings. The van der Waals surface area contributed by atoms with Gasteiger partial charge < -0.3 is 19.1 Å². The van der Waals surface area contributed by atoms with Crippen LogP contribution in [0.2, 0.25) is 0 Å². The number of rotatable bonds is 6. The minimum atomic E-state index is -0.981. The summed E-state index contributed by atoms with van der Waals surface area (Å²) in [5.41, 5.74) is 1.22. The zero-order valence-corrected chi connectivity index (χ0v) is 16.6. The number of fused-ring (bicyclic) bond motifs is 1. The topological polar surface area (TPSA) is 109 Å². The molecule has 0 amide bonds. The molecule has 0 fully saturated rings. The maximum Gasteiger partial charge on any atom is 0.358 e. The Morgan fingerprint density at radius 2 is 2.10 bits per heavy atom. The number of carbonyl (C=O) groups excluding carboxylic acids is 2. The third-order valence-electron chi connectivity index (χ3n) is 4.29. The molecule has 0 spiro atoms. The first-order valence-electron chi connectivity index (χ1n) is 8.74. The lowest BCUT2D eigenvalue weighted by molar-refractivity contribution is -0.152. The Kier molecular flexibility index (Phi) is 5.48. The van der Waals surface area contributed by atoms with Gasteiger partial charge in [0, 0.05) is 25.2 Å². The number of halogens is 1. The highest BCUT2D eigenvalue weighted by Crippen LogP contribution is 2.26. The lowest BCUT2D eigenvalue weighted by atomic mass is 10.2. The van der Waals surface area contributed by atoms with Crippen molar-refractivity contribution in [3.63, 3.8) is 0 Å². The molecule has 0 aliphatic carbocycles. The van der Waals surface area contributed by atoms with Crippen LogP contribution in [0.15, 0.2) is 23.7 Å². The molecule has 0 bridgehead atoms. The lowest BCUT2D eigenvalue weighted by Gasteiger charge is -2.14. The second-order valence-corrected chi connectivity index (χ2v) is 6.40. The third kappa shape index (κ3) is 3.75. The summed E-state index contributed by atoms with van der Waals surface area (Å²) in [5.74, 6) is -1.01. The minimum Gasteiger partial charge on any atom is -0.461 e. The quantitative estimate of drug-likeness (QED) is 0.306. The van der Waals surface area contributed by atoms with Crippen LogP contribution >= 0.6 is 0 Å². The van der Waals surface area contributed by atoms with Gasteiger partial charge in [-0.1, -0.05) is 0 Å². The largest absolute Gasteiger partial charge is 0.461 e. The van der Waals surface area contributed by atoms with Crippen LogP contribution in [0.5, 0.6) is 0 Å². The zero-order valence-electron chi connectivity index (χ0n) is 16.6. The standard InChI is InChI=1S/C18H20FN5O5/c1-6-27-16(26)11(7-28-17-10(3)9(2)15(25)29-17)24-8-20-12-13(23(4)5)21-18(19)22-14(12)24/h7-8,17H,6H2,1-5H3/b11-7-. The van der Waals surface area contributed by atoms with E-state index in [2.05, 4.69) is 15.0 Å². The number of aromatic nitrogens is 4. The van der Waals surface area contributed by atoms with Gasteiger partial charge in [0.05, 0.1) is 6.61 Å². The van der Waals surface area contributed by atoms with Crippen LogP contribution in [0.4, 0.5) is 10.2 Å². The number of anilines is 1. The summed E-state index contributed by atoms with van der Waals surface area (Å²) >= 11 is 0. The van der Waals surface area contributed by atoms with Crippen molar-refractivity contribution in [2.75, 3.05) is 25.6 Å². The molecule has 0 saturated heterocycles. The van der Waals surface area contributed by atoms with Gasteiger partial charge in [-0.15, -0.1) is 0 Å². The fourth-order valence-electron chi connectivity index (χ4n) is 2.62. The molecule has 154 valence electrons. The predicted molar refractivity (Wildman–Crippen MR) is 99.9 cm³/mol. The molecular formula is C18H20FN5O5. The van der Waals surface area contributed by atoms with Crippen LogP contribution in [0.1, 0.15) is 20.8 Å². The van der Waals surface area contributed by atoms with Crippen molar-refractivity contribution in [3.05, 3.63) is 29.8 Å². The summed E-state index contributed by atoms with van der Waals surface area (Å²) in [5, 5.41) is 0. The van der Waals surface area contributed by atoms with Crippen LogP contribution in [0.25, 0.3) is 16.9 Å². The highest BCUT2D eigenvalue weighted by Gasteiger charge is 2.30. The molecule has 0 saturated carbocycles. The zero-order chi connectivity index (χ0) is 21.3. The van der Waals surface area contributed by atoms with E-state index in [9.17, 15) is 14.0 Å². The van der Waals surface area contributed by atoms with Crippen LogP contribution in [0, 0.1) is 6.08 Å². The summed E-state index contributed by atoms with van der Waals surface area (Å²) in [6.07, 6.45) is 0.401. The van der Waals surface area contributed by atoms with Crippen LogP contribution in [-0.2, 0) is 23.8 Å². The van der Waals surface area contributed by atoms with Crippen molar-refractivity contribution >= 4 is 34.6 Å². The van der Waals surface area contributed by atoms with E-state index in [1.165, 1.54) is 10.9 Å². The minimum absolute atomic E-state index is 0.0518. The van der Waals surface area contributed by atoms with E-state index in [4.69, 9.17) is 14.2 Å². The second kappa shape index (κ2) is 7.86. The molecule has 0 N–H and O–H groups in total. The summed E-state index contributed by atoms with van der Waals surface area (Å²) in [7, 11) is 3.36. The summed E-state index contributed by atoms with van der Waals surface area (Å²) in [4.78, 5) is 37.4. The molecule has 0 radical (unpaired) electrons. The Labute approximate surface area is 165 Å². The third-order valence-corrected chi connectivity index (χ3v) is 4.29. The van der Waals surface area contributed by atoms with Crippen LogP contribution in [-0.4, -0.2) is 58.4 Å². The van der Waals surface area contributed by atoms with E-state index in [1.54, 1.807) is 39.8 Å². The van der Waals surface area contributed by atoms with Crippen molar-refractivity contribution in [3.8, 4) is 0 Å². The molecule has 1 atom stereocenters. The van der Waals surface area contributed by atoms with Gasteiger partial charge in [0.15, 0.2) is 22.7 Å². The Balaban J connectivity index is 2.07. The highest BCUT2D eigenvalue weighted by atomic mass is 19.1. The van der Waals surface area contributed by atoms with Gasteiger partial charge in [0.25, 0.3) is 6.29 Å². The van der Waals surface area contributed by atoms with E-state index in [-0.39, 0.29) is 29.3 Å². The molecule has 10 nitrogen and oxygen atoms in total. The maximum atomic E-state index is 14.0. The van der Waals surface area contributed by atoms with Gasteiger partial charge >= 0.3 is 18.0 Å². The number of carbonyl (C=O) groups is 2.